The number of hydrogen-bond acceptors (Lipinski definition) is 4. The number of halogens is 1. The Kier molecular flexibility index (Phi) is 3.66. The van der Waals surface area contributed by atoms with Gasteiger partial charge in [0, 0.05) is 17.4 Å². The van der Waals surface area contributed by atoms with Gasteiger partial charge in [-0.3, -0.25) is 4.90 Å². The van der Waals surface area contributed by atoms with Crippen molar-refractivity contribution < 1.29 is 4.42 Å². The SMILES string of the molecule is Cc1nnc(CN2CCC[C@@H]2c2ccc(Br)cc2)o1. The van der Waals surface area contributed by atoms with Crippen LogP contribution >= 0.6 is 15.9 Å². The van der Waals surface area contributed by atoms with Crippen LogP contribution in [0.2, 0.25) is 0 Å². The summed E-state index contributed by atoms with van der Waals surface area (Å²) in [7, 11) is 0. The molecule has 0 unspecified atom stereocenters. The van der Waals surface area contributed by atoms with Crippen LogP contribution in [0.1, 0.15) is 36.2 Å². The van der Waals surface area contributed by atoms with Crippen LogP contribution in [0, 0.1) is 6.92 Å². The van der Waals surface area contributed by atoms with Gasteiger partial charge < -0.3 is 4.42 Å². The first kappa shape index (κ1) is 12.8. The van der Waals surface area contributed by atoms with Crippen LogP contribution in [0.25, 0.3) is 0 Å². The summed E-state index contributed by atoms with van der Waals surface area (Å²) in [6.07, 6.45) is 2.41. The van der Waals surface area contributed by atoms with Gasteiger partial charge in [-0.2, -0.15) is 0 Å². The highest BCUT2D eigenvalue weighted by Crippen LogP contribution is 2.33. The van der Waals surface area contributed by atoms with E-state index in [1.807, 2.05) is 6.92 Å². The summed E-state index contributed by atoms with van der Waals surface area (Å²) >= 11 is 3.48. The lowest BCUT2D eigenvalue weighted by Crippen LogP contribution is -2.22. The molecule has 0 amide bonds. The zero-order chi connectivity index (χ0) is 13.2. The molecule has 2 aromatic rings. The van der Waals surface area contributed by atoms with Crippen LogP contribution in [0.15, 0.2) is 33.2 Å². The summed E-state index contributed by atoms with van der Waals surface area (Å²) in [5, 5.41) is 7.97. The molecule has 1 atom stereocenters. The minimum absolute atomic E-state index is 0.459. The lowest BCUT2D eigenvalue weighted by atomic mass is 10.0. The molecule has 2 heterocycles. The average Bonchev–Trinajstić information content (AvgIpc) is 3.00. The van der Waals surface area contributed by atoms with E-state index in [0.29, 0.717) is 17.8 Å². The summed E-state index contributed by atoms with van der Waals surface area (Å²) in [4.78, 5) is 2.41. The van der Waals surface area contributed by atoms with Crippen molar-refractivity contribution >= 4 is 15.9 Å². The van der Waals surface area contributed by atoms with E-state index in [0.717, 1.165) is 17.6 Å². The molecule has 1 aromatic carbocycles. The predicted octanol–water partition coefficient (Wildman–Crippen LogP) is 3.48. The Morgan fingerprint density at radius 3 is 2.79 bits per heavy atom. The van der Waals surface area contributed by atoms with Gasteiger partial charge in [-0.05, 0) is 37.1 Å². The Balaban J connectivity index is 1.76. The fourth-order valence-electron chi connectivity index (χ4n) is 2.65. The number of hydrogen-bond donors (Lipinski definition) is 0. The number of rotatable bonds is 3. The fraction of sp³-hybridized carbons (Fsp3) is 0.429. The van der Waals surface area contributed by atoms with E-state index in [9.17, 15) is 0 Å². The number of aromatic nitrogens is 2. The molecule has 1 aromatic heterocycles. The zero-order valence-corrected chi connectivity index (χ0v) is 12.4. The topological polar surface area (TPSA) is 42.2 Å². The highest BCUT2D eigenvalue weighted by Gasteiger charge is 2.27. The molecule has 1 saturated heterocycles. The lowest BCUT2D eigenvalue weighted by molar-refractivity contribution is 0.222. The van der Waals surface area contributed by atoms with Gasteiger partial charge in [0.2, 0.25) is 11.8 Å². The van der Waals surface area contributed by atoms with E-state index >= 15 is 0 Å². The molecule has 0 aliphatic carbocycles. The lowest BCUT2D eigenvalue weighted by Gasteiger charge is -2.23. The van der Waals surface area contributed by atoms with E-state index in [-0.39, 0.29) is 0 Å². The van der Waals surface area contributed by atoms with Gasteiger partial charge in [0.1, 0.15) is 0 Å². The van der Waals surface area contributed by atoms with Crippen molar-refractivity contribution in [3.63, 3.8) is 0 Å². The molecule has 4 nitrogen and oxygen atoms in total. The van der Waals surface area contributed by atoms with E-state index < -0.39 is 0 Å². The van der Waals surface area contributed by atoms with Crippen molar-refractivity contribution in [1.29, 1.82) is 0 Å². The summed E-state index contributed by atoms with van der Waals surface area (Å²) in [5.74, 6) is 1.34. The summed E-state index contributed by atoms with van der Waals surface area (Å²) < 4.78 is 6.60. The highest BCUT2D eigenvalue weighted by atomic mass is 79.9. The molecule has 100 valence electrons. The maximum absolute atomic E-state index is 5.48. The smallest absolute Gasteiger partial charge is 0.230 e. The third-order valence-electron chi connectivity index (χ3n) is 3.52. The van der Waals surface area contributed by atoms with Gasteiger partial charge in [-0.25, -0.2) is 0 Å². The summed E-state index contributed by atoms with van der Waals surface area (Å²) in [6, 6.07) is 9.03. The molecule has 0 bridgehead atoms. The zero-order valence-electron chi connectivity index (χ0n) is 10.8. The molecule has 1 fully saturated rings. The molecule has 1 aliphatic rings. The second kappa shape index (κ2) is 5.43. The number of aryl methyl sites for hydroxylation is 1. The molecule has 0 radical (unpaired) electrons. The van der Waals surface area contributed by atoms with Gasteiger partial charge in [0.05, 0.1) is 6.54 Å². The van der Waals surface area contributed by atoms with Crippen molar-refractivity contribution in [2.45, 2.75) is 32.4 Å². The van der Waals surface area contributed by atoms with E-state index in [4.69, 9.17) is 4.42 Å². The van der Waals surface area contributed by atoms with Crippen molar-refractivity contribution in [3.8, 4) is 0 Å². The number of likely N-dealkylation sites (tertiary alicyclic amines) is 1. The van der Waals surface area contributed by atoms with E-state index in [1.54, 1.807) is 0 Å². The normalized spacial score (nSPS) is 20.0. The Morgan fingerprint density at radius 2 is 2.11 bits per heavy atom. The number of benzene rings is 1. The monoisotopic (exact) mass is 321 g/mol. The van der Waals surface area contributed by atoms with Crippen LogP contribution in [0.4, 0.5) is 0 Å². The van der Waals surface area contributed by atoms with Gasteiger partial charge in [0.15, 0.2) is 0 Å². The standard InChI is InChI=1S/C14H16BrN3O/c1-10-16-17-14(19-10)9-18-8-2-3-13(18)11-4-6-12(15)7-5-11/h4-7,13H,2-3,8-9H2,1H3/t13-/m1/s1. The molecule has 3 rings (SSSR count). The van der Waals surface area contributed by atoms with Gasteiger partial charge in [-0.15, -0.1) is 10.2 Å². The van der Waals surface area contributed by atoms with Crippen LogP contribution < -0.4 is 0 Å². The van der Waals surface area contributed by atoms with Gasteiger partial charge in [0.25, 0.3) is 0 Å². The molecule has 5 heteroatoms. The van der Waals surface area contributed by atoms with Gasteiger partial charge >= 0.3 is 0 Å². The molecule has 0 N–H and O–H groups in total. The van der Waals surface area contributed by atoms with Crippen molar-refractivity contribution in [3.05, 3.63) is 46.1 Å². The third-order valence-corrected chi connectivity index (χ3v) is 4.05. The molecular formula is C14H16BrN3O. The molecular weight excluding hydrogens is 306 g/mol. The summed E-state index contributed by atoms with van der Waals surface area (Å²) in [6.45, 7) is 3.65. The highest BCUT2D eigenvalue weighted by molar-refractivity contribution is 9.10. The van der Waals surface area contributed by atoms with Crippen LogP contribution in [0.3, 0.4) is 0 Å². The quantitative estimate of drug-likeness (QED) is 0.868. The Hall–Kier alpha value is -1.20. The maximum atomic E-state index is 5.48. The number of nitrogens with zero attached hydrogens (tertiary/aromatic N) is 3. The molecule has 1 aliphatic heterocycles. The first-order valence-corrected chi connectivity index (χ1v) is 7.30. The summed E-state index contributed by atoms with van der Waals surface area (Å²) in [5.41, 5.74) is 1.36. The van der Waals surface area contributed by atoms with Crippen molar-refractivity contribution in [1.82, 2.24) is 15.1 Å². The minimum atomic E-state index is 0.459. The van der Waals surface area contributed by atoms with E-state index in [1.165, 1.54) is 18.4 Å². The average molecular weight is 322 g/mol. The molecule has 19 heavy (non-hydrogen) atoms. The van der Waals surface area contributed by atoms with E-state index in [2.05, 4.69) is 55.3 Å². The third kappa shape index (κ3) is 2.87. The second-order valence-corrected chi connectivity index (χ2v) is 5.81. The first-order valence-electron chi connectivity index (χ1n) is 6.51. The Morgan fingerprint density at radius 1 is 1.32 bits per heavy atom. The first-order chi connectivity index (χ1) is 9.22. The minimum Gasteiger partial charge on any atom is -0.424 e. The largest absolute Gasteiger partial charge is 0.424 e. The van der Waals surface area contributed by atoms with Crippen LogP contribution in [0.5, 0.6) is 0 Å². The fourth-order valence-corrected chi connectivity index (χ4v) is 2.92. The van der Waals surface area contributed by atoms with Crippen LogP contribution in [-0.2, 0) is 6.54 Å². The van der Waals surface area contributed by atoms with Gasteiger partial charge in [-0.1, -0.05) is 28.1 Å². The Bertz CT molecular complexity index is 552. The van der Waals surface area contributed by atoms with Crippen molar-refractivity contribution in [2.24, 2.45) is 0 Å². The Labute approximate surface area is 121 Å². The second-order valence-electron chi connectivity index (χ2n) is 4.89. The molecule has 0 spiro atoms. The van der Waals surface area contributed by atoms with Crippen LogP contribution in [-0.4, -0.2) is 21.6 Å². The maximum Gasteiger partial charge on any atom is 0.230 e. The van der Waals surface area contributed by atoms with Crippen molar-refractivity contribution in [2.75, 3.05) is 6.54 Å². The molecule has 0 saturated carbocycles. The predicted molar refractivity (Wildman–Crippen MR) is 75.6 cm³/mol.